The van der Waals surface area contributed by atoms with Gasteiger partial charge in [0.2, 0.25) is 0 Å². The molecule has 17 heavy (non-hydrogen) atoms. The molecule has 1 atom stereocenters. The predicted molar refractivity (Wildman–Crippen MR) is 71.7 cm³/mol. The summed E-state index contributed by atoms with van der Waals surface area (Å²) in [6.45, 7) is 4.01. The van der Waals surface area contributed by atoms with Crippen molar-refractivity contribution in [2.24, 2.45) is 0 Å². The second kappa shape index (κ2) is 6.42. The van der Waals surface area contributed by atoms with Crippen LogP contribution in [0.25, 0.3) is 0 Å². The van der Waals surface area contributed by atoms with E-state index >= 15 is 0 Å². The normalized spacial score (nSPS) is 11.2. The molecule has 0 bridgehead atoms. The molecule has 2 N–H and O–H groups in total. The topological polar surface area (TPSA) is 69.6 Å². The van der Waals surface area contributed by atoms with Crippen molar-refractivity contribution in [2.45, 2.75) is 19.9 Å². The van der Waals surface area contributed by atoms with E-state index in [1.165, 1.54) is 0 Å². The first kappa shape index (κ1) is 15.7. The summed E-state index contributed by atoms with van der Waals surface area (Å²) in [5.74, 6) is 1.40. The van der Waals surface area contributed by atoms with Crippen molar-refractivity contribution in [2.75, 3.05) is 5.73 Å². The van der Waals surface area contributed by atoms with Crippen LogP contribution < -0.4 is 5.73 Å². The summed E-state index contributed by atoms with van der Waals surface area (Å²) in [6.07, 6.45) is 6.96. The fourth-order valence-corrected chi connectivity index (χ4v) is 1.50. The highest BCUT2D eigenvalue weighted by Gasteiger charge is 2.10. The zero-order valence-corrected chi connectivity index (χ0v) is 11.2. The molecule has 0 aliphatic heterocycles. The maximum absolute atomic E-state index is 5.48. The largest absolute Gasteiger partial charge is 0.382 e. The zero-order valence-electron chi connectivity index (χ0n) is 9.57. The molecule has 0 unspecified atom stereocenters. The van der Waals surface area contributed by atoms with Gasteiger partial charge in [-0.3, -0.25) is 4.98 Å². The maximum atomic E-state index is 5.48. The summed E-state index contributed by atoms with van der Waals surface area (Å²) in [6, 6.07) is 0.126. The molecular formula is C10H15Cl2N5. The number of aryl methyl sites for hydroxylation is 1. The average molecular weight is 276 g/mol. The number of anilines is 1. The van der Waals surface area contributed by atoms with Crippen LogP contribution >= 0.6 is 24.8 Å². The Kier molecular flexibility index (Phi) is 5.91. The SMILES string of the molecule is Cc1nccn1[C@H](C)c1cnc(N)cn1.Cl.Cl. The van der Waals surface area contributed by atoms with Crippen molar-refractivity contribution in [1.29, 1.82) is 0 Å². The maximum Gasteiger partial charge on any atom is 0.141 e. The van der Waals surface area contributed by atoms with Crippen LogP contribution in [0.5, 0.6) is 0 Å². The molecule has 0 radical (unpaired) electrons. The number of aromatic nitrogens is 4. The molecule has 0 aliphatic rings. The van der Waals surface area contributed by atoms with Gasteiger partial charge in [-0.25, -0.2) is 9.97 Å². The lowest BCUT2D eigenvalue weighted by molar-refractivity contribution is 0.600. The Balaban J connectivity index is 0.00000128. The minimum absolute atomic E-state index is 0. The summed E-state index contributed by atoms with van der Waals surface area (Å²) >= 11 is 0. The second-order valence-electron chi connectivity index (χ2n) is 3.42. The summed E-state index contributed by atoms with van der Waals surface area (Å²) in [4.78, 5) is 12.4. The minimum Gasteiger partial charge on any atom is -0.382 e. The number of hydrogen-bond acceptors (Lipinski definition) is 4. The van der Waals surface area contributed by atoms with Gasteiger partial charge in [-0.05, 0) is 13.8 Å². The van der Waals surface area contributed by atoms with E-state index in [9.17, 15) is 0 Å². The number of hydrogen-bond donors (Lipinski definition) is 1. The third-order valence-electron chi connectivity index (χ3n) is 2.40. The Morgan fingerprint density at radius 2 is 1.88 bits per heavy atom. The van der Waals surface area contributed by atoms with Gasteiger partial charge in [0.1, 0.15) is 11.6 Å². The second-order valence-corrected chi connectivity index (χ2v) is 3.42. The molecule has 2 aromatic heterocycles. The number of nitrogen functional groups attached to an aromatic ring is 1. The number of halogens is 2. The zero-order chi connectivity index (χ0) is 10.8. The van der Waals surface area contributed by atoms with Crippen LogP contribution in [-0.4, -0.2) is 19.5 Å². The minimum atomic E-state index is 0. The molecule has 0 amide bonds. The van der Waals surface area contributed by atoms with Crippen LogP contribution in [0.4, 0.5) is 5.82 Å². The van der Waals surface area contributed by atoms with Gasteiger partial charge in [0.15, 0.2) is 0 Å². The fourth-order valence-electron chi connectivity index (χ4n) is 1.50. The van der Waals surface area contributed by atoms with E-state index in [4.69, 9.17) is 5.73 Å². The van der Waals surface area contributed by atoms with Crippen molar-refractivity contribution in [1.82, 2.24) is 19.5 Å². The van der Waals surface area contributed by atoms with Crippen LogP contribution in [0.3, 0.4) is 0 Å². The summed E-state index contributed by atoms with van der Waals surface area (Å²) < 4.78 is 2.04. The third kappa shape index (κ3) is 3.31. The molecule has 0 spiro atoms. The third-order valence-corrected chi connectivity index (χ3v) is 2.40. The van der Waals surface area contributed by atoms with Crippen LogP contribution in [-0.2, 0) is 0 Å². The van der Waals surface area contributed by atoms with Gasteiger partial charge in [-0.1, -0.05) is 0 Å². The number of nitrogens with zero attached hydrogens (tertiary/aromatic N) is 4. The van der Waals surface area contributed by atoms with Gasteiger partial charge in [0.25, 0.3) is 0 Å². The molecular weight excluding hydrogens is 261 g/mol. The smallest absolute Gasteiger partial charge is 0.141 e. The molecule has 0 saturated carbocycles. The van der Waals surface area contributed by atoms with E-state index in [-0.39, 0.29) is 30.9 Å². The monoisotopic (exact) mass is 275 g/mol. The Morgan fingerprint density at radius 3 is 2.35 bits per heavy atom. The molecule has 0 aromatic carbocycles. The van der Waals surface area contributed by atoms with Crippen molar-refractivity contribution < 1.29 is 0 Å². The van der Waals surface area contributed by atoms with Crippen LogP contribution in [0.2, 0.25) is 0 Å². The lowest BCUT2D eigenvalue weighted by Crippen LogP contribution is -2.10. The van der Waals surface area contributed by atoms with Crippen molar-refractivity contribution in [3.05, 3.63) is 36.3 Å². The first-order valence-electron chi connectivity index (χ1n) is 4.75. The number of imidazole rings is 1. The lowest BCUT2D eigenvalue weighted by Gasteiger charge is -2.13. The highest BCUT2D eigenvalue weighted by molar-refractivity contribution is 5.85. The molecule has 5 nitrogen and oxygen atoms in total. The van der Waals surface area contributed by atoms with Crippen LogP contribution in [0.15, 0.2) is 24.8 Å². The standard InChI is InChI=1S/C10H13N5.2ClH/c1-7(15-4-3-12-8(15)2)9-5-14-10(11)6-13-9;;/h3-7H,1-2H3,(H2,11,14);2*1H/t7-;;/m1../s1. The van der Waals surface area contributed by atoms with Crippen LogP contribution in [0.1, 0.15) is 24.5 Å². The number of rotatable bonds is 2. The van der Waals surface area contributed by atoms with E-state index in [0.717, 1.165) is 11.5 Å². The summed E-state index contributed by atoms with van der Waals surface area (Å²) in [7, 11) is 0. The Morgan fingerprint density at radius 1 is 1.18 bits per heavy atom. The van der Waals surface area contributed by atoms with Crippen LogP contribution in [0, 0.1) is 6.92 Å². The van der Waals surface area contributed by atoms with Gasteiger partial charge in [-0.2, -0.15) is 0 Å². The average Bonchev–Trinajstić information content (AvgIpc) is 2.65. The van der Waals surface area contributed by atoms with E-state index in [0.29, 0.717) is 5.82 Å². The predicted octanol–water partition coefficient (Wildman–Crippen LogP) is 2.02. The molecule has 94 valence electrons. The van der Waals surface area contributed by atoms with Gasteiger partial charge in [0.05, 0.1) is 24.1 Å². The van der Waals surface area contributed by atoms with E-state index in [1.807, 2.05) is 17.7 Å². The van der Waals surface area contributed by atoms with E-state index in [2.05, 4.69) is 21.9 Å². The molecule has 0 fully saturated rings. The fraction of sp³-hybridized carbons (Fsp3) is 0.300. The van der Waals surface area contributed by atoms with Gasteiger partial charge < -0.3 is 10.3 Å². The first-order valence-corrected chi connectivity index (χ1v) is 4.75. The first-order chi connectivity index (χ1) is 7.18. The van der Waals surface area contributed by atoms with Gasteiger partial charge >= 0.3 is 0 Å². The molecule has 2 rings (SSSR count). The van der Waals surface area contributed by atoms with Crippen molar-refractivity contribution in [3.63, 3.8) is 0 Å². The van der Waals surface area contributed by atoms with Crippen molar-refractivity contribution >= 4 is 30.6 Å². The highest BCUT2D eigenvalue weighted by atomic mass is 35.5. The molecule has 7 heteroatoms. The molecule has 2 aromatic rings. The van der Waals surface area contributed by atoms with E-state index in [1.54, 1.807) is 18.6 Å². The van der Waals surface area contributed by atoms with Gasteiger partial charge in [-0.15, -0.1) is 24.8 Å². The molecule has 0 aliphatic carbocycles. The Labute approximate surface area is 112 Å². The highest BCUT2D eigenvalue weighted by Crippen LogP contribution is 2.16. The number of nitrogens with two attached hydrogens (primary N) is 1. The van der Waals surface area contributed by atoms with Gasteiger partial charge in [0, 0.05) is 12.4 Å². The molecule has 2 heterocycles. The summed E-state index contributed by atoms with van der Waals surface area (Å²) in [5, 5.41) is 0. The summed E-state index contributed by atoms with van der Waals surface area (Å²) in [5.41, 5.74) is 6.36. The Hall–Kier alpha value is -1.33. The quantitative estimate of drug-likeness (QED) is 0.911. The van der Waals surface area contributed by atoms with E-state index < -0.39 is 0 Å². The van der Waals surface area contributed by atoms with Crippen molar-refractivity contribution in [3.8, 4) is 0 Å². The lowest BCUT2D eigenvalue weighted by atomic mass is 10.2. The molecule has 0 saturated heterocycles. The Bertz CT molecular complexity index is 454.